The van der Waals surface area contributed by atoms with Crippen LogP contribution in [0, 0.1) is 0 Å². The molecule has 0 saturated heterocycles. The number of nitrogens with zero attached hydrogens (tertiary/aromatic N) is 6. The largest absolute Gasteiger partial charge is 0.347 e. The number of hydrogen-bond donors (Lipinski definition) is 1. The summed E-state index contributed by atoms with van der Waals surface area (Å²) in [5.41, 5.74) is 4.20. The molecule has 0 saturated carbocycles. The van der Waals surface area contributed by atoms with E-state index in [-0.39, 0.29) is 0 Å². The summed E-state index contributed by atoms with van der Waals surface area (Å²) in [6.45, 7) is 4.73. The van der Waals surface area contributed by atoms with Crippen LogP contribution in [-0.2, 0) is 28.2 Å². The number of methoxy groups -OCH3 is 2. The number of H-pyrrole nitrogens is 1. The number of hydrogen-bond acceptors (Lipinski definition) is 7. The first-order chi connectivity index (χ1) is 17.6. The predicted molar refractivity (Wildman–Crippen MR) is 138 cm³/mol. The van der Waals surface area contributed by atoms with Crippen LogP contribution in [0.5, 0.6) is 0 Å². The topological polar surface area (TPSA) is 104 Å². The van der Waals surface area contributed by atoms with Crippen molar-refractivity contribution in [3.63, 3.8) is 0 Å². The molecule has 0 bridgehead atoms. The maximum absolute atomic E-state index is 5.81. The molecular formula is C27H33N7O2. The second-order valence-corrected chi connectivity index (χ2v) is 8.54. The standard InChI is InChI=1S/C27H33N7O2/c1-5-7-13-24-28-26(27(35-3,36-4)18-8-6-2)31-34(24)19-20-14-16-21(17-15-20)22-11-9-10-12-23(22)25-29-32-33-30-25/h5,7,9-12,14-17H,6,8,13,18-19H2,1-4H3,(H,29,30,32,33). The number of unbranched alkanes of at least 4 members (excludes halogenated alkanes) is 1. The Morgan fingerprint density at radius 2 is 1.78 bits per heavy atom. The third kappa shape index (κ3) is 5.42. The molecule has 0 aliphatic carbocycles. The summed E-state index contributed by atoms with van der Waals surface area (Å²) in [6, 6.07) is 16.5. The molecule has 9 heteroatoms. The summed E-state index contributed by atoms with van der Waals surface area (Å²) in [5, 5.41) is 19.2. The number of allylic oxidation sites excluding steroid dienone is 2. The van der Waals surface area contributed by atoms with Crippen molar-refractivity contribution in [3.8, 4) is 22.5 Å². The number of tetrazole rings is 1. The van der Waals surface area contributed by atoms with Crippen molar-refractivity contribution in [2.45, 2.75) is 51.9 Å². The normalized spacial score (nSPS) is 12.0. The fourth-order valence-electron chi connectivity index (χ4n) is 4.21. The van der Waals surface area contributed by atoms with Gasteiger partial charge in [-0.3, -0.25) is 0 Å². The van der Waals surface area contributed by atoms with Crippen molar-refractivity contribution < 1.29 is 9.47 Å². The molecule has 0 unspecified atom stereocenters. The van der Waals surface area contributed by atoms with Gasteiger partial charge in [-0.05, 0) is 40.5 Å². The van der Waals surface area contributed by atoms with Crippen LogP contribution in [0.1, 0.15) is 50.3 Å². The van der Waals surface area contributed by atoms with Crippen molar-refractivity contribution in [1.82, 2.24) is 35.4 Å². The number of nitrogens with one attached hydrogen (secondary N) is 1. The average molecular weight is 488 g/mol. The molecule has 0 aliphatic rings. The van der Waals surface area contributed by atoms with E-state index in [2.05, 4.69) is 64.0 Å². The highest BCUT2D eigenvalue weighted by molar-refractivity contribution is 5.80. The van der Waals surface area contributed by atoms with E-state index in [0.29, 0.717) is 31.0 Å². The summed E-state index contributed by atoms with van der Waals surface area (Å²) in [7, 11) is 3.30. The fraction of sp³-hybridized carbons (Fsp3) is 0.370. The monoisotopic (exact) mass is 487 g/mol. The van der Waals surface area contributed by atoms with Crippen LogP contribution in [-0.4, -0.2) is 49.6 Å². The van der Waals surface area contributed by atoms with Crippen molar-refractivity contribution in [1.29, 1.82) is 0 Å². The Balaban J connectivity index is 1.62. The Morgan fingerprint density at radius 1 is 1.03 bits per heavy atom. The van der Waals surface area contributed by atoms with Crippen LogP contribution < -0.4 is 0 Å². The van der Waals surface area contributed by atoms with E-state index in [4.69, 9.17) is 19.6 Å². The molecule has 188 valence electrons. The van der Waals surface area contributed by atoms with Gasteiger partial charge in [0.25, 0.3) is 0 Å². The molecule has 0 fully saturated rings. The van der Waals surface area contributed by atoms with Gasteiger partial charge in [-0.15, -0.1) is 10.2 Å². The Hall–Kier alpha value is -3.69. The second-order valence-electron chi connectivity index (χ2n) is 8.54. The molecule has 0 aliphatic heterocycles. The first-order valence-corrected chi connectivity index (χ1v) is 12.2. The molecule has 36 heavy (non-hydrogen) atoms. The zero-order chi connectivity index (χ0) is 25.4. The summed E-state index contributed by atoms with van der Waals surface area (Å²) in [6.07, 6.45) is 7.45. The molecule has 2 heterocycles. The van der Waals surface area contributed by atoms with Gasteiger partial charge < -0.3 is 9.47 Å². The van der Waals surface area contributed by atoms with Crippen LogP contribution in [0.25, 0.3) is 22.5 Å². The van der Waals surface area contributed by atoms with Gasteiger partial charge in [0, 0.05) is 32.6 Å². The molecule has 1 N–H and O–H groups in total. The van der Waals surface area contributed by atoms with Crippen LogP contribution in [0.4, 0.5) is 0 Å². The molecule has 4 rings (SSSR count). The Kier molecular flexibility index (Phi) is 8.35. The maximum atomic E-state index is 5.81. The SMILES string of the molecule is CC=CCc1nc(C(CCCC)(OC)OC)nn1Cc1ccc(-c2ccccc2-c2nnn[nH]2)cc1. The van der Waals surface area contributed by atoms with Crippen LogP contribution in [0.3, 0.4) is 0 Å². The third-order valence-electron chi connectivity index (χ3n) is 6.27. The Labute approximate surface area is 211 Å². The molecular weight excluding hydrogens is 454 g/mol. The van der Waals surface area contributed by atoms with Gasteiger partial charge in [-0.25, -0.2) is 14.8 Å². The van der Waals surface area contributed by atoms with Crippen LogP contribution in [0.15, 0.2) is 60.7 Å². The van der Waals surface area contributed by atoms with E-state index in [1.54, 1.807) is 14.2 Å². The number of rotatable bonds is 12. The Bertz CT molecular complexity index is 1260. The minimum atomic E-state index is -0.949. The highest BCUT2D eigenvalue weighted by Gasteiger charge is 2.37. The average Bonchev–Trinajstić information content (AvgIpc) is 3.60. The van der Waals surface area contributed by atoms with Gasteiger partial charge in [-0.1, -0.05) is 74.0 Å². The van der Waals surface area contributed by atoms with E-state index in [9.17, 15) is 0 Å². The Morgan fingerprint density at radius 3 is 2.42 bits per heavy atom. The lowest BCUT2D eigenvalue weighted by molar-refractivity contribution is -0.226. The van der Waals surface area contributed by atoms with Gasteiger partial charge in [0.05, 0.1) is 6.54 Å². The molecule has 0 spiro atoms. The van der Waals surface area contributed by atoms with E-state index in [1.807, 2.05) is 35.9 Å². The molecule has 0 radical (unpaired) electrons. The lowest BCUT2D eigenvalue weighted by atomic mass is 9.98. The molecule has 2 aromatic heterocycles. The van der Waals surface area contributed by atoms with Gasteiger partial charge in [0.1, 0.15) is 5.82 Å². The first kappa shape index (κ1) is 25.4. The van der Waals surface area contributed by atoms with E-state index >= 15 is 0 Å². The maximum Gasteiger partial charge on any atom is 0.231 e. The van der Waals surface area contributed by atoms with Gasteiger partial charge in [-0.2, -0.15) is 0 Å². The fourth-order valence-corrected chi connectivity index (χ4v) is 4.21. The minimum Gasteiger partial charge on any atom is -0.347 e. The highest BCUT2D eigenvalue weighted by atomic mass is 16.7. The number of aromatic amines is 1. The van der Waals surface area contributed by atoms with E-state index in [0.717, 1.165) is 40.9 Å². The summed E-state index contributed by atoms with van der Waals surface area (Å²) in [4.78, 5) is 4.84. The van der Waals surface area contributed by atoms with Crippen LogP contribution >= 0.6 is 0 Å². The van der Waals surface area contributed by atoms with Crippen molar-refractivity contribution >= 4 is 0 Å². The minimum absolute atomic E-state index is 0.562. The quantitative estimate of drug-likeness (QED) is 0.223. The smallest absolute Gasteiger partial charge is 0.231 e. The summed E-state index contributed by atoms with van der Waals surface area (Å²) < 4.78 is 13.6. The first-order valence-electron chi connectivity index (χ1n) is 12.2. The zero-order valence-electron chi connectivity index (χ0n) is 21.3. The van der Waals surface area contributed by atoms with Crippen molar-refractivity contribution in [3.05, 3.63) is 77.9 Å². The van der Waals surface area contributed by atoms with Crippen LogP contribution in [0.2, 0.25) is 0 Å². The summed E-state index contributed by atoms with van der Waals surface area (Å²) in [5.74, 6) is 1.12. The lowest BCUT2D eigenvalue weighted by Gasteiger charge is -2.27. The van der Waals surface area contributed by atoms with Gasteiger partial charge in [0.15, 0.2) is 5.82 Å². The molecule has 2 aromatic carbocycles. The molecule has 4 aromatic rings. The highest BCUT2D eigenvalue weighted by Crippen LogP contribution is 2.31. The number of aromatic nitrogens is 7. The number of benzene rings is 2. The van der Waals surface area contributed by atoms with Gasteiger partial charge in [0.2, 0.25) is 11.6 Å². The predicted octanol–water partition coefficient (Wildman–Crippen LogP) is 4.93. The number of ether oxygens (including phenoxy) is 2. The second kappa shape index (κ2) is 11.8. The lowest BCUT2D eigenvalue weighted by Crippen LogP contribution is -2.32. The summed E-state index contributed by atoms with van der Waals surface area (Å²) >= 11 is 0. The zero-order valence-corrected chi connectivity index (χ0v) is 21.3. The van der Waals surface area contributed by atoms with E-state index < -0.39 is 5.79 Å². The molecule has 9 nitrogen and oxygen atoms in total. The van der Waals surface area contributed by atoms with E-state index in [1.165, 1.54) is 0 Å². The third-order valence-corrected chi connectivity index (χ3v) is 6.27. The van der Waals surface area contributed by atoms with Crippen molar-refractivity contribution in [2.75, 3.05) is 14.2 Å². The van der Waals surface area contributed by atoms with Crippen molar-refractivity contribution in [2.24, 2.45) is 0 Å². The molecule has 0 atom stereocenters. The molecule has 0 amide bonds. The van der Waals surface area contributed by atoms with Gasteiger partial charge >= 0.3 is 0 Å².